The predicted molar refractivity (Wildman–Crippen MR) is 49.2 cm³/mol. The number of allylic oxidation sites excluding steroid dienone is 1. The highest BCUT2D eigenvalue weighted by Gasteiger charge is 1.96. The molecule has 0 aliphatic carbocycles. The monoisotopic (exact) mass is 172 g/mol. The van der Waals surface area contributed by atoms with Crippen LogP contribution in [0.5, 0.6) is 0 Å². The van der Waals surface area contributed by atoms with E-state index in [0.717, 1.165) is 6.54 Å². The highest BCUT2D eigenvalue weighted by Crippen LogP contribution is 1.72. The number of thiocarbonyl (C=S) groups is 1. The summed E-state index contributed by atoms with van der Waals surface area (Å²) in [5, 5.41) is 5.65. The Balaban J connectivity index is 3.66. The first-order valence-corrected chi connectivity index (χ1v) is 3.83. The van der Waals surface area contributed by atoms with Gasteiger partial charge in [0.2, 0.25) is 5.91 Å². The van der Waals surface area contributed by atoms with Crippen molar-refractivity contribution in [3.8, 4) is 0 Å². The van der Waals surface area contributed by atoms with Crippen molar-refractivity contribution in [2.24, 2.45) is 0 Å². The lowest BCUT2D eigenvalue weighted by molar-refractivity contribution is -0.115. The van der Waals surface area contributed by atoms with Gasteiger partial charge < -0.3 is 5.32 Å². The summed E-state index contributed by atoms with van der Waals surface area (Å²) < 4.78 is 0. The number of hydrogen-bond acceptors (Lipinski definition) is 2. The van der Waals surface area contributed by atoms with Crippen LogP contribution in [-0.4, -0.2) is 17.6 Å². The number of carbonyl (C=O) groups excluding carboxylic acids is 1. The average Bonchev–Trinajstić information content (AvgIpc) is 1.87. The van der Waals surface area contributed by atoms with Crippen molar-refractivity contribution in [1.82, 2.24) is 10.6 Å². The second kappa shape index (κ2) is 5.85. The molecule has 0 aromatic rings. The third-order valence-electron chi connectivity index (χ3n) is 0.892. The summed E-state index contributed by atoms with van der Waals surface area (Å²) in [6.45, 7) is 4.40. The summed E-state index contributed by atoms with van der Waals surface area (Å²) >= 11 is 4.77. The first-order chi connectivity index (χ1) is 5.20. The summed E-state index contributed by atoms with van der Waals surface area (Å²) in [4.78, 5) is 10.8. The molecule has 0 unspecified atom stereocenters. The molecule has 0 heterocycles. The predicted octanol–water partition coefficient (Wildman–Crippen LogP) is 0.573. The molecule has 0 aliphatic rings. The van der Waals surface area contributed by atoms with Gasteiger partial charge in [0, 0.05) is 6.54 Å². The van der Waals surface area contributed by atoms with Gasteiger partial charge in [-0.3, -0.25) is 10.1 Å². The van der Waals surface area contributed by atoms with Gasteiger partial charge in [0.25, 0.3) is 0 Å². The molecule has 2 N–H and O–H groups in total. The van der Waals surface area contributed by atoms with Crippen LogP contribution in [0.2, 0.25) is 0 Å². The molecule has 0 aromatic carbocycles. The molecule has 0 radical (unpaired) electrons. The van der Waals surface area contributed by atoms with E-state index in [-0.39, 0.29) is 5.91 Å². The molecule has 0 atom stereocenters. The van der Waals surface area contributed by atoms with E-state index in [2.05, 4.69) is 10.6 Å². The molecule has 62 valence electrons. The minimum absolute atomic E-state index is 0.196. The van der Waals surface area contributed by atoms with E-state index in [9.17, 15) is 4.79 Å². The molecule has 0 spiro atoms. The second-order valence-electron chi connectivity index (χ2n) is 1.85. The fourth-order valence-electron chi connectivity index (χ4n) is 0.510. The standard InChI is InChI=1S/C7H12N2OS/c1-3-5-6(10)9-7(11)8-4-2/h3,5H,4H2,1-2H3,(H2,8,9,10,11)/b5-3+. The second-order valence-corrected chi connectivity index (χ2v) is 2.26. The minimum Gasteiger partial charge on any atom is -0.363 e. The fourth-order valence-corrected chi connectivity index (χ4v) is 0.755. The number of carbonyl (C=O) groups is 1. The Morgan fingerprint density at radius 3 is 2.73 bits per heavy atom. The van der Waals surface area contributed by atoms with E-state index in [4.69, 9.17) is 12.2 Å². The van der Waals surface area contributed by atoms with Gasteiger partial charge in [-0.1, -0.05) is 6.08 Å². The van der Waals surface area contributed by atoms with E-state index in [1.165, 1.54) is 6.08 Å². The zero-order chi connectivity index (χ0) is 8.69. The molecule has 0 saturated heterocycles. The summed E-state index contributed by atoms with van der Waals surface area (Å²) in [6, 6.07) is 0. The van der Waals surface area contributed by atoms with Crippen molar-refractivity contribution in [2.75, 3.05) is 6.54 Å². The molecule has 11 heavy (non-hydrogen) atoms. The molecular formula is C7H12N2OS. The lowest BCUT2D eigenvalue weighted by Gasteiger charge is -2.03. The summed E-state index contributed by atoms with van der Waals surface area (Å²) in [7, 11) is 0. The maximum atomic E-state index is 10.8. The van der Waals surface area contributed by atoms with E-state index < -0.39 is 0 Å². The number of hydrogen-bond donors (Lipinski definition) is 2. The topological polar surface area (TPSA) is 41.1 Å². The third kappa shape index (κ3) is 5.54. The minimum atomic E-state index is -0.196. The highest BCUT2D eigenvalue weighted by molar-refractivity contribution is 7.80. The quantitative estimate of drug-likeness (QED) is 0.473. The van der Waals surface area contributed by atoms with Gasteiger partial charge >= 0.3 is 0 Å². The van der Waals surface area contributed by atoms with Crippen molar-refractivity contribution in [1.29, 1.82) is 0 Å². The van der Waals surface area contributed by atoms with Crippen LogP contribution >= 0.6 is 12.2 Å². The molecule has 3 nitrogen and oxygen atoms in total. The van der Waals surface area contributed by atoms with Crippen LogP contribution in [0, 0.1) is 0 Å². The normalized spacial score (nSPS) is 9.64. The smallest absolute Gasteiger partial charge is 0.249 e. The van der Waals surface area contributed by atoms with Crippen molar-refractivity contribution in [3.05, 3.63) is 12.2 Å². The Labute approximate surface area is 71.9 Å². The van der Waals surface area contributed by atoms with Gasteiger partial charge in [-0.25, -0.2) is 0 Å². The zero-order valence-corrected chi connectivity index (χ0v) is 7.49. The lowest BCUT2D eigenvalue weighted by atomic mass is 10.5. The fraction of sp³-hybridized carbons (Fsp3) is 0.429. The van der Waals surface area contributed by atoms with Crippen molar-refractivity contribution < 1.29 is 4.79 Å². The number of amides is 1. The van der Waals surface area contributed by atoms with E-state index >= 15 is 0 Å². The van der Waals surface area contributed by atoms with Gasteiger partial charge in [-0.05, 0) is 32.1 Å². The molecule has 0 fully saturated rings. The summed E-state index contributed by atoms with van der Waals surface area (Å²) in [5.41, 5.74) is 0. The maximum Gasteiger partial charge on any atom is 0.249 e. The molecule has 0 bridgehead atoms. The highest BCUT2D eigenvalue weighted by atomic mass is 32.1. The van der Waals surface area contributed by atoms with Crippen LogP contribution in [0.15, 0.2) is 12.2 Å². The van der Waals surface area contributed by atoms with Gasteiger partial charge in [0.1, 0.15) is 0 Å². The molecule has 4 heteroatoms. The van der Waals surface area contributed by atoms with Crippen LogP contribution in [-0.2, 0) is 4.79 Å². The largest absolute Gasteiger partial charge is 0.363 e. The summed E-state index contributed by atoms with van der Waals surface area (Å²) in [5.74, 6) is -0.196. The first-order valence-electron chi connectivity index (χ1n) is 3.42. The van der Waals surface area contributed by atoms with E-state index in [1.807, 2.05) is 6.92 Å². The number of rotatable bonds is 2. The SMILES string of the molecule is C/C=C/C(=O)NC(=S)NCC. The first kappa shape index (κ1) is 10.1. The molecule has 0 saturated carbocycles. The molecule has 0 aliphatic heterocycles. The van der Waals surface area contributed by atoms with Gasteiger partial charge in [0.15, 0.2) is 5.11 Å². The maximum absolute atomic E-state index is 10.8. The Kier molecular flexibility index (Phi) is 5.37. The zero-order valence-electron chi connectivity index (χ0n) is 6.68. The van der Waals surface area contributed by atoms with E-state index in [0.29, 0.717) is 5.11 Å². The summed E-state index contributed by atoms with van der Waals surface area (Å²) in [6.07, 6.45) is 3.08. The van der Waals surface area contributed by atoms with Crippen molar-refractivity contribution in [2.45, 2.75) is 13.8 Å². The lowest BCUT2D eigenvalue weighted by Crippen LogP contribution is -2.38. The van der Waals surface area contributed by atoms with Gasteiger partial charge in [-0.15, -0.1) is 0 Å². The Morgan fingerprint density at radius 1 is 1.64 bits per heavy atom. The van der Waals surface area contributed by atoms with Gasteiger partial charge in [-0.2, -0.15) is 0 Å². The van der Waals surface area contributed by atoms with Crippen molar-refractivity contribution in [3.63, 3.8) is 0 Å². The Hall–Kier alpha value is -0.900. The third-order valence-corrected chi connectivity index (χ3v) is 1.14. The number of nitrogens with one attached hydrogen (secondary N) is 2. The van der Waals surface area contributed by atoms with Crippen LogP contribution in [0.1, 0.15) is 13.8 Å². The molecular weight excluding hydrogens is 160 g/mol. The van der Waals surface area contributed by atoms with Crippen molar-refractivity contribution >= 4 is 23.2 Å². The Morgan fingerprint density at radius 2 is 2.27 bits per heavy atom. The molecule has 1 amide bonds. The van der Waals surface area contributed by atoms with E-state index in [1.54, 1.807) is 13.0 Å². The molecule has 0 rings (SSSR count). The average molecular weight is 172 g/mol. The van der Waals surface area contributed by atoms with Crippen LogP contribution in [0.25, 0.3) is 0 Å². The van der Waals surface area contributed by atoms with Crippen LogP contribution in [0.4, 0.5) is 0 Å². The Bertz CT molecular complexity index is 177. The van der Waals surface area contributed by atoms with Crippen LogP contribution in [0.3, 0.4) is 0 Å². The van der Waals surface area contributed by atoms with Crippen LogP contribution < -0.4 is 10.6 Å². The van der Waals surface area contributed by atoms with Gasteiger partial charge in [0.05, 0.1) is 0 Å². The molecule has 0 aromatic heterocycles.